The van der Waals surface area contributed by atoms with Crippen LogP contribution in [0.4, 0.5) is 0 Å². The Kier molecular flexibility index (Phi) is 2.40. The van der Waals surface area contributed by atoms with E-state index in [-0.39, 0.29) is 0 Å². The molecule has 4 heteroatoms. The Balaban J connectivity index is 2.16. The largest absolute Gasteiger partial charge is 0.478 e. The van der Waals surface area contributed by atoms with Crippen LogP contribution in [0, 0.1) is 0 Å². The Hall–Kier alpha value is -2.10. The summed E-state index contributed by atoms with van der Waals surface area (Å²) in [5.74, 6) is 0.670. The SMILES string of the molecule is CCCOc1ccc2[nH]c3ccncc3c2n1. The Morgan fingerprint density at radius 2 is 2.18 bits per heavy atom. The summed E-state index contributed by atoms with van der Waals surface area (Å²) in [6, 6.07) is 5.83. The van der Waals surface area contributed by atoms with Crippen LogP contribution in [0.15, 0.2) is 30.6 Å². The summed E-state index contributed by atoms with van der Waals surface area (Å²) in [4.78, 5) is 11.9. The number of rotatable bonds is 3. The summed E-state index contributed by atoms with van der Waals surface area (Å²) in [7, 11) is 0. The zero-order valence-corrected chi connectivity index (χ0v) is 9.60. The van der Waals surface area contributed by atoms with Crippen LogP contribution in [0.3, 0.4) is 0 Å². The minimum Gasteiger partial charge on any atom is -0.478 e. The lowest BCUT2D eigenvalue weighted by Crippen LogP contribution is -1.96. The van der Waals surface area contributed by atoms with Gasteiger partial charge in [-0.2, -0.15) is 0 Å². The van der Waals surface area contributed by atoms with E-state index in [4.69, 9.17) is 4.74 Å². The van der Waals surface area contributed by atoms with Crippen molar-refractivity contribution in [2.45, 2.75) is 13.3 Å². The first-order chi connectivity index (χ1) is 8.38. The van der Waals surface area contributed by atoms with Gasteiger partial charge in [-0.15, -0.1) is 0 Å². The molecule has 0 spiro atoms. The van der Waals surface area contributed by atoms with Gasteiger partial charge in [0.15, 0.2) is 0 Å². The smallest absolute Gasteiger partial charge is 0.213 e. The van der Waals surface area contributed by atoms with Gasteiger partial charge in [-0.3, -0.25) is 4.98 Å². The van der Waals surface area contributed by atoms with E-state index in [1.54, 1.807) is 6.20 Å². The second-order valence-electron chi connectivity index (χ2n) is 3.94. The molecule has 0 radical (unpaired) electrons. The quantitative estimate of drug-likeness (QED) is 0.748. The number of aromatic amines is 1. The average Bonchev–Trinajstić information content (AvgIpc) is 2.74. The lowest BCUT2D eigenvalue weighted by Gasteiger charge is -2.02. The maximum Gasteiger partial charge on any atom is 0.213 e. The molecule has 0 aliphatic rings. The van der Waals surface area contributed by atoms with Crippen molar-refractivity contribution in [2.75, 3.05) is 6.61 Å². The molecule has 0 bridgehead atoms. The molecule has 86 valence electrons. The van der Waals surface area contributed by atoms with Crippen molar-refractivity contribution >= 4 is 21.9 Å². The van der Waals surface area contributed by atoms with Gasteiger partial charge in [0.1, 0.15) is 5.52 Å². The van der Waals surface area contributed by atoms with Crippen LogP contribution < -0.4 is 4.74 Å². The number of ether oxygens (including phenoxy) is 1. The van der Waals surface area contributed by atoms with E-state index < -0.39 is 0 Å². The van der Waals surface area contributed by atoms with Gasteiger partial charge in [0.05, 0.1) is 17.6 Å². The minimum absolute atomic E-state index is 0.670. The van der Waals surface area contributed by atoms with Crippen LogP contribution in [-0.2, 0) is 0 Å². The molecular formula is C13H13N3O. The summed E-state index contributed by atoms with van der Waals surface area (Å²) < 4.78 is 5.54. The second-order valence-corrected chi connectivity index (χ2v) is 3.94. The van der Waals surface area contributed by atoms with E-state index >= 15 is 0 Å². The predicted molar refractivity (Wildman–Crippen MR) is 67.2 cm³/mol. The van der Waals surface area contributed by atoms with Crippen molar-refractivity contribution in [1.82, 2.24) is 15.0 Å². The molecule has 0 fully saturated rings. The van der Waals surface area contributed by atoms with E-state index in [9.17, 15) is 0 Å². The van der Waals surface area contributed by atoms with Crippen LogP contribution in [0.5, 0.6) is 5.88 Å². The van der Waals surface area contributed by atoms with Crippen LogP contribution in [-0.4, -0.2) is 21.6 Å². The van der Waals surface area contributed by atoms with E-state index in [1.807, 2.05) is 24.4 Å². The summed E-state index contributed by atoms with van der Waals surface area (Å²) in [5, 5.41) is 1.03. The normalized spacial score (nSPS) is 11.1. The standard InChI is InChI=1S/C13H13N3O/c1-2-7-17-12-4-3-11-13(16-12)9-8-14-6-5-10(9)15-11/h3-6,8,15H,2,7H2,1H3. The maximum absolute atomic E-state index is 5.54. The molecule has 1 N–H and O–H groups in total. The van der Waals surface area contributed by atoms with Gasteiger partial charge in [-0.1, -0.05) is 6.92 Å². The second kappa shape index (κ2) is 4.05. The highest BCUT2D eigenvalue weighted by atomic mass is 16.5. The molecule has 3 rings (SSSR count). The van der Waals surface area contributed by atoms with E-state index in [1.165, 1.54) is 0 Å². The molecule has 0 aromatic carbocycles. The summed E-state index contributed by atoms with van der Waals surface area (Å²) >= 11 is 0. The van der Waals surface area contributed by atoms with Crippen molar-refractivity contribution < 1.29 is 4.74 Å². The molecule has 0 saturated carbocycles. The highest BCUT2D eigenvalue weighted by Crippen LogP contribution is 2.24. The van der Waals surface area contributed by atoms with Gasteiger partial charge in [0.2, 0.25) is 5.88 Å². The Labute approximate surface area is 98.7 Å². The first-order valence-electron chi connectivity index (χ1n) is 5.73. The zero-order chi connectivity index (χ0) is 11.7. The fraction of sp³-hybridized carbons (Fsp3) is 0.231. The number of nitrogens with zero attached hydrogens (tertiary/aromatic N) is 2. The Morgan fingerprint density at radius 3 is 3.06 bits per heavy atom. The lowest BCUT2D eigenvalue weighted by molar-refractivity contribution is 0.306. The highest BCUT2D eigenvalue weighted by molar-refractivity contribution is 6.04. The third-order valence-electron chi connectivity index (χ3n) is 2.67. The summed E-state index contributed by atoms with van der Waals surface area (Å²) in [5.41, 5.74) is 2.98. The Bertz CT molecular complexity index is 660. The third kappa shape index (κ3) is 1.71. The van der Waals surface area contributed by atoms with Crippen molar-refractivity contribution in [3.05, 3.63) is 30.6 Å². The number of fused-ring (bicyclic) bond motifs is 3. The molecule has 4 nitrogen and oxygen atoms in total. The molecule has 0 aliphatic heterocycles. The number of hydrogen-bond acceptors (Lipinski definition) is 3. The van der Waals surface area contributed by atoms with Crippen molar-refractivity contribution in [3.63, 3.8) is 0 Å². The number of aromatic nitrogens is 3. The summed E-state index contributed by atoms with van der Waals surface area (Å²) in [6.45, 7) is 2.77. The maximum atomic E-state index is 5.54. The number of nitrogens with one attached hydrogen (secondary N) is 1. The van der Waals surface area contributed by atoms with E-state index in [0.717, 1.165) is 28.4 Å². The van der Waals surface area contributed by atoms with Crippen molar-refractivity contribution in [1.29, 1.82) is 0 Å². The first-order valence-corrected chi connectivity index (χ1v) is 5.73. The van der Waals surface area contributed by atoms with Gasteiger partial charge < -0.3 is 9.72 Å². The molecule has 3 aromatic heterocycles. The molecule has 3 heterocycles. The zero-order valence-electron chi connectivity index (χ0n) is 9.60. The fourth-order valence-corrected chi connectivity index (χ4v) is 1.87. The van der Waals surface area contributed by atoms with Crippen LogP contribution in [0.1, 0.15) is 13.3 Å². The molecule has 0 aliphatic carbocycles. The fourth-order valence-electron chi connectivity index (χ4n) is 1.87. The molecule has 0 atom stereocenters. The molecule has 3 aromatic rings. The molecule has 0 amide bonds. The van der Waals surface area contributed by atoms with E-state index in [2.05, 4.69) is 21.9 Å². The number of hydrogen-bond donors (Lipinski definition) is 1. The summed E-state index contributed by atoms with van der Waals surface area (Å²) in [6.07, 6.45) is 4.58. The first kappa shape index (κ1) is 10.1. The van der Waals surface area contributed by atoms with Crippen LogP contribution >= 0.6 is 0 Å². The van der Waals surface area contributed by atoms with Gasteiger partial charge in [-0.05, 0) is 18.6 Å². The van der Waals surface area contributed by atoms with Gasteiger partial charge in [0.25, 0.3) is 0 Å². The number of H-pyrrole nitrogens is 1. The average molecular weight is 227 g/mol. The molecule has 0 saturated heterocycles. The minimum atomic E-state index is 0.670. The topological polar surface area (TPSA) is 50.8 Å². The van der Waals surface area contributed by atoms with E-state index in [0.29, 0.717) is 12.5 Å². The molecule has 17 heavy (non-hydrogen) atoms. The van der Waals surface area contributed by atoms with Gasteiger partial charge in [-0.25, -0.2) is 4.98 Å². The predicted octanol–water partition coefficient (Wildman–Crippen LogP) is 2.90. The molecular weight excluding hydrogens is 214 g/mol. The van der Waals surface area contributed by atoms with Crippen LogP contribution in [0.25, 0.3) is 21.9 Å². The number of pyridine rings is 2. The van der Waals surface area contributed by atoms with Crippen molar-refractivity contribution in [3.8, 4) is 5.88 Å². The Morgan fingerprint density at radius 1 is 1.24 bits per heavy atom. The monoisotopic (exact) mass is 227 g/mol. The van der Waals surface area contributed by atoms with Gasteiger partial charge in [0, 0.05) is 23.8 Å². The van der Waals surface area contributed by atoms with Crippen LogP contribution in [0.2, 0.25) is 0 Å². The highest BCUT2D eigenvalue weighted by Gasteiger charge is 2.06. The lowest BCUT2D eigenvalue weighted by atomic mass is 10.3. The third-order valence-corrected chi connectivity index (χ3v) is 2.67. The van der Waals surface area contributed by atoms with Gasteiger partial charge >= 0.3 is 0 Å². The van der Waals surface area contributed by atoms with Crippen molar-refractivity contribution in [2.24, 2.45) is 0 Å². The molecule has 0 unspecified atom stereocenters.